The van der Waals surface area contributed by atoms with E-state index in [4.69, 9.17) is 10.3 Å². The molecule has 0 saturated carbocycles. The number of carbonyl (C=O) groups excluding carboxylic acids is 1. The van der Waals surface area contributed by atoms with Crippen LogP contribution in [0, 0.1) is 0 Å². The summed E-state index contributed by atoms with van der Waals surface area (Å²) in [5.41, 5.74) is 7.93. The summed E-state index contributed by atoms with van der Waals surface area (Å²) in [4.78, 5) is 13.4. The molecule has 0 aliphatic carbocycles. The minimum absolute atomic E-state index is 0.129. The predicted molar refractivity (Wildman–Crippen MR) is 52.9 cm³/mol. The van der Waals surface area contributed by atoms with E-state index in [2.05, 4.69) is 22.3 Å². The second-order valence-corrected chi connectivity index (χ2v) is 2.72. The Morgan fingerprint density at radius 2 is 2.36 bits per heavy atom. The van der Waals surface area contributed by atoms with Gasteiger partial charge in [0, 0.05) is 11.5 Å². The fraction of sp³-hybridized carbons (Fsp3) is 0.875. The van der Waals surface area contributed by atoms with E-state index < -0.39 is 6.09 Å². The van der Waals surface area contributed by atoms with Gasteiger partial charge in [-0.2, -0.15) is 0 Å². The SMILES string of the molecule is CCCCCNC(=O)OCCN=[N+]=[N-]. The third-order valence-electron chi connectivity index (χ3n) is 1.54. The average molecular weight is 200 g/mol. The minimum atomic E-state index is -0.450. The van der Waals surface area contributed by atoms with Gasteiger partial charge in [-0.1, -0.05) is 24.9 Å². The number of azide groups is 1. The van der Waals surface area contributed by atoms with E-state index in [1.165, 1.54) is 0 Å². The number of hydrogen-bond acceptors (Lipinski definition) is 3. The average Bonchev–Trinajstić information content (AvgIpc) is 2.19. The van der Waals surface area contributed by atoms with Crippen LogP contribution >= 0.6 is 0 Å². The summed E-state index contributed by atoms with van der Waals surface area (Å²) in [6.07, 6.45) is 2.73. The van der Waals surface area contributed by atoms with E-state index in [0.717, 1.165) is 19.3 Å². The lowest BCUT2D eigenvalue weighted by Gasteiger charge is -2.04. The molecule has 0 aromatic heterocycles. The number of nitrogens with zero attached hydrogens (tertiary/aromatic N) is 3. The zero-order valence-electron chi connectivity index (χ0n) is 8.40. The molecule has 0 spiro atoms. The molecule has 0 saturated heterocycles. The maximum absolute atomic E-state index is 10.9. The highest BCUT2D eigenvalue weighted by atomic mass is 16.5. The molecule has 0 bridgehead atoms. The van der Waals surface area contributed by atoms with Crippen molar-refractivity contribution in [2.24, 2.45) is 5.11 Å². The maximum Gasteiger partial charge on any atom is 0.407 e. The molecule has 0 atom stereocenters. The topological polar surface area (TPSA) is 87.1 Å². The summed E-state index contributed by atoms with van der Waals surface area (Å²) in [6.45, 7) is 3.04. The lowest BCUT2D eigenvalue weighted by Crippen LogP contribution is -2.26. The molecule has 6 nitrogen and oxygen atoms in total. The summed E-state index contributed by atoms with van der Waals surface area (Å²) < 4.78 is 4.71. The Kier molecular flexibility index (Phi) is 8.69. The first kappa shape index (κ1) is 12.6. The van der Waals surface area contributed by atoms with E-state index in [9.17, 15) is 4.79 Å². The molecule has 0 aliphatic heterocycles. The van der Waals surface area contributed by atoms with Gasteiger partial charge in [0.2, 0.25) is 0 Å². The zero-order valence-corrected chi connectivity index (χ0v) is 8.40. The van der Waals surface area contributed by atoms with E-state index in [1.807, 2.05) is 0 Å². The van der Waals surface area contributed by atoms with Crippen LogP contribution in [0.1, 0.15) is 26.2 Å². The van der Waals surface area contributed by atoms with Gasteiger partial charge in [0.15, 0.2) is 0 Å². The fourth-order valence-electron chi connectivity index (χ4n) is 0.840. The molecule has 0 fully saturated rings. The normalized spacial score (nSPS) is 8.93. The highest BCUT2D eigenvalue weighted by Gasteiger charge is 1.98. The van der Waals surface area contributed by atoms with Gasteiger partial charge in [0.1, 0.15) is 0 Å². The van der Waals surface area contributed by atoms with Crippen LogP contribution in [-0.2, 0) is 4.74 Å². The Hall–Kier alpha value is -1.42. The van der Waals surface area contributed by atoms with Crippen molar-refractivity contribution in [1.82, 2.24) is 5.32 Å². The number of unbranched alkanes of at least 4 members (excludes halogenated alkanes) is 2. The first-order valence-corrected chi connectivity index (χ1v) is 4.72. The highest BCUT2D eigenvalue weighted by Crippen LogP contribution is 1.91. The number of amides is 1. The quantitative estimate of drug-likeness (QED) is 0.295. The summed E-state index contributed by atoms with van der Waals surface area (Å²) >= 11 is 0. The standard InChI is InChI=1S/C8H16N4O2/c1-2-3-4-5-10-8(13)14-7-6-11-12-9/h2-7H2,1H3,(H,10,13). The smallest absolute Gasteiger partial charge is 0.407 e. The van der Waals surface area contributed by atoms with Crippen molar-refractivity contribution in [3.63, 3.8) is 0 Å². The van der Waals surface area contributed by atoms with Crippen LogP contribution in [0.25, 0.3) is 10.4 Å². The van der Waals surface area contributed by atoms with E-state index in [0.29, 0.717) is 6.54 Å². The number of hydrogen-bond donors (Lipinski definition) is 1. The van der Waals surface area contributed by atoms with Gasteiger partial charge in [0.25, 0.3) is 0 Å². The molecule has 1 N–H and O–H groups in total. The van der Waals surface area contributed by atoms with E-state index >= 15 is 0 Å². The third-order valence-corrected chi connectivity index (χ3v) is 1.54. The predicted octanol–water partition coefficient (Wildman–Crippen LogP) is 2.21. The molecule has 0 rings (SSSR count). The zero-order chi connectivity index (χ0) is 10.6. The van der Waals surface area contributed by atoms with Gasteiger partial charge >= 0.3 is 6.09 Å². The summed E-state index contributed by atoms with van der Waals surface area (Å²) in [5, 5.41) is 5.83. The summed E-state index contributed by atoms with van der Waals surface area (Å²) in [5.74, 6) is 0. The second-order valence-electron chi connectivity index (χ2n) is 2.72. The molecule has 0 aromatic rings. The molecule has 0 radical (unpaired) electrons. The monoisotopic (exact) mass is 200 g/mol. The van der Waals surface area contributed by atoms with Crippen LogP contribution in [-0.4, -0.2) is 25.8 Å². The van der Waals surface area contributed by atoms with Gasteiger partial charge in [-0.25, -0.2) is 4.79 Å². The molecule has 0 aliphatic rings. The first-order valence-electron chi connectivity index (χ1n) is 4.72. The molecule has 1 amide bonds. The molecule has 0 aromatic carbocycles. The summed E-state index contributed by atoms with van der Waals surface area (Å²) in [7, 11) is 0. The number of rotatable bonds is 7. The lowest BCUT2D eigenvalue weighted by molar-refractivity contribution is 0.149. The first-order chi connectivity index (χ1) is 6.81. The van der Waals surface area contributed by atoms with Gasteiger partial charge in [0.05, 0.1) is 13.2 Å². The van der Waals surface area contributed by atoms with Gasteiger partial charge in [-0.05, 0) is 12.0 Å². The molecular formula is C8H16N4O2. The Bertz CT molecular complexity index is 202. The lowest BCUT2D eigenvalue weighted by atomic mass is 10.2. The number of nitrogens with one attached hydrogen (secondary N) is 1. The van der Waals surface area contributed by atoms with Gasteiger partial charge in [-0.3, -0.25) is 0 Å². The Balaban J connectivity index is 3.23. The Morgan fingerprint density at radius 1 is 1.57 bits per heavy atom. The van der Waals surface area contributed by atoms with Crippen molar-refractivity contribution in [3.8, 4) is 0 Å². The van der Waals surface area contributed by atoms with Crippen molar-refractivity contribution in [2.75, 3.05) is 19.7 Å². The van der Waals surface area contributed by atoms with E-state index in [1.54, 1.807) is 0 Å². The van der Waals surface area contributed by atoms with Crippen LogP contribution in [0.15, 0.2) is 5.11 Å². The minimum Gasteiger partial charge on any atom is -0.449 e. The maximum atomic E-state index is 10.9. The van der Waals surface area contributed by atoms with Gasteiger partial charge < -0.3 is 10.1 Å². The van der Waals surface area contributed by atoms with Crippen molar-refractivity contribution < 1.29 is 9.53 Å². The molecule has 6 heteroatoms. The largest absolute Gasteiger partial charge is 0.449 e. The fourth-order valence-corrected chi connectivity index (χ4v) is 0.840. The molecule has 0 unspecified atom stereocenters. The van der Waals surface area contributed by atoms with Crippen LogP contribution in [0.2, 0.25) is 0 Å². The highest BCUT2D eigenvalue weighted by molar-refractivity contribution is 5.66. The molecule has 0 heterocycles. The molecule has 80 valence electrons. The number of carbonyl (C=O) groups is 1. The molecular weight excluding hydrogens is 184 g/mol. The van der Waals surface area contributed by atoms with Crippen molar-refractivity contribution in [2.45, 2.75) is 26.2 Å². The van der Waals surface area contributed by atoms with Crippen LogP contribution in [0.5, 0.6) is 0 Å². The van der Waals surface area contributed by atoms with Crippen molar-refractivity contribution in [1.29, 1.82) is 0 Å². The molecule has 14 heavy (non-hydrogen) atoms. The van der Waals surface area contributed by atoms with Crippen molar-refractivity contribution in [3.05, 3.63) is 10.4 Å². The van der Waals surface area contributed by atoms with Crippen LogP contribution in [0.3, 0.4) is 0 Å². The Morgan fingerprint density at radius 3 is 3.00 bits per heavy atom. The third kappa shape index (κ3) is 8.67. The van der Waals surface area contributed by atoms with Crippen LogP contribution in [0.4, 0.5) is 4.79 Å². The number of alkyl carbamates (subject to hydrolysis) is 1. The Labute approximate surface area is 83.3 Å². The van der Waals surface area contributed by atoms with E-state index in [-0.39, 0.29) is 13.2 Å². The van der Waals surface area contributed by atoms with Crippen molar-refractivity contribution >= 4 is 6.09 Å². The second kappa shape index (κ2) is 9.67. The summed E-state index contributed by atoms with van der Waals surface area (Å²) in [6, 6.07) is 0. The van der Waals surface area contributed by atoms with Crippen LogP contribution < -0.4 is 5.32 Å². The number of ether oxygens (including phenoxy) is 1. The van der Waals surface area contributed by atoms with Gasteiger partial charge in [-0.15, -0.1) is 0 Å².